The van der Waals surface area contributed by atoms with Crippen LogP contribution in [0.1, 0.15) is 19.1 Å². The van der Waals surface area contributed by atoms with Gasteiger partial charge in [0.15, 0.2) is 6.61 Å². The second kappa shape index (κ2) is 6.04. The number of carboxylic acid groups (broad SMARTS) is 1. The predicted octanol–water partition coefficient (Wildman–Crippen LogP) is 0.683. The van der Waals surface area contributed by atoms with E-state index in [9.17, 15) is 9.59 Å². The monoisotopic (exact) mass is 256 g/mol. The van der Waals surface area contributed by atoms with Crippen molar-refractivity contribution in [2.75, 3.05) is 13.7 Å². The van der Waals surface area contributed by atoms with Gasteiger partial charge in [-0.25, -0.2) is 4.79 Å². The molecule has 1 atom stereocenters. The minimum atomic E-state index is -1.04. The Hall–Kier alpha value is -2.05. The van der Waals surface area contributed by atoms with Gasteiger partial charge in [0.2, 0.25) is 0 Å². The summed E-state index contributed by atoms with van der Waals surface area (Å²) in [6.45, 7) is 3.13. The van der Waals surface area contributed by atoms with Gasteiger partial charge in [-0.05, 0) is 18.5 Å². The fourth-order valence-corrected chi connectivity index (χ4v) is 1.44. The van der Waals surface area contributed by atoms with Crippen LogP contribution in [0.25, 0.3) is 0 Å². The van der Waals surface area contributed by atoms with E-state index in [-0.39, 0.29) is 12.5 Å². The number of aromatic nitrogens is 1. The number of carbonyl (C=O) groups is 2. The van der Waals surface area contributed by atoms with E-state index >= 15 is 0 Å². The molecule has 1 amide bonds. The maximum absolute atomic E-state index is 11.7. The van der Waals surface area contributed by atoms with Crippen LogP contribution in [0.15, 0.2) is 10.6 Å². The third-order valence-electron chi connectivity index (χ3n) is 2.48. The highest BCUT2D eigenvalue weighted by atomic mass is 16.5. The number of amides is 1. The molecular formula is C11H16N2O5. The summed E-state index contributed by atoms with van der Waals surface area (Å²) in [6, 6.07) is 0.696. The molecule has 0 spiro atoms. The Balaban J connectivity index is 2.52. The van der Waals surface area contributed by atoms with E-state index in [0.29, 0.717) is 12.2 Å². The molecule has 1 heterocycles. The predicted molar refractivity (Wildman–Crippen MR) is 61.2 cm³/mol. The number of hydrogen-bond acceptors (Lipinski definition) is 5. The highest BCUT2D eigenvalue weighted by molar-refractivity contribution is 5.84. The summed E-state index contributed by atoms with van der Waals surface area (Å²) in [5.41, 5.74) is 0. The molecule has 0 radical (unpaired) electrons. The summed E-state index contributed by atoms with van der Waals surface area (Å²) in [5.74, 6) is -0.684. The van der Waals surface area contributed by atoms with Gasteiger partial charge >= 0.3 is 5.97 Å². The van der Waals surface area contributed by atoms with Gasteiger partial charge in [-0.2, -0.15) is 0 Å². The molecule has 0 fully saturated rings. The lowest BCUT2D eigenvalue weighted by Crippen LogP contribution is -2.44. The molecule has 7 heteroatoms. The quantitative estimate of drug-likeness (QED) is 0.804. The fourth-order valence-electron chi connectivity index (χ4n) is 1.44. The third-order valence-corrected chi connectivity index (χ3v) is 2.48. The summed E-state index contributed by atoms with van der Waals surface area (Å²) in [7, 11) is 1.43. The normalized spacial score (nSPS) is 11.9. The molecule has 0 saturated carbocycles. The average molecular weight is 256 g/mol. The zero-order chi connectivity index (χ0) is 13.7. The molecule has 18 heavy (non-hydrogen) atoms. The van der Waals surface area contributed by atoms with Gasteiger partial charge in [0.1, 0.15) is 11.8 Å². The van der Waals surface area contributed by atoms with Gasteiger partial charge in [-0.3, -0.25) is 4.79 Å². The van der Waals surface area contributed by atoms with Crippen LogP contribution in [0.5, 0.6) is 5.88 Å². The molecule has 0 saturated heterocycles. The minimum Gasteiger partial charge on any atom is -0.480 e. The SMILES string of the molecule is CCC(C(=O)O)N(C)C(=O)COc1cc(C)on1. The number of nitrogens with zero attached hydrogens (tertiary/aromatic N) is 2. The Morgan fingerprint density at radius 3 is 2.72 bits per heavy atom. The van der Waals surface area contributed by atoms with Gasteiger partial charge < -0.3 is 19.3 Å². The van der Waals surface area contributed by atoms with Crippen LogP contribution in [0, 0.1) is 6.92 Å². The van der Waals surface area contributed by atoms with E-state index < -0.39 is 17.9 Å². The van der Waals surface area contributed by atoms with E-state index in [2.05, 4.69) is 5.16 Å². The Morgan fingerprint density at radius 1 is 1.61 bits per heavy atom. The largest absolute Gasteiger partial charge is 0.480 e. The minimum absolute atomic E-state index is 0.206. The third kappa shape index (κ3) is 3.47. The van der Waals surface area contributed by atoms with Crippen molar-refractivity contribution in [2.24, 2.45) is 0 Å². The van der Waals surface area contributed by atoms with Crippen molar-refractivity contribution in [1.29, 1.82) is 0 Å². The lowest BCUT2D eigenvalue weighted by molar-refractivity contribution is -0.149. The summed E-state index contributed by atoms with van der Waals surface area (Å²) in [4.78, 5) is 23.7. The van der Waals surface area contributed by atoms with Crippen molar-refractivity contribution < 1.29 is 24.0 Å². The number of rotatable bonds is 6. The molecule has 1 aromatic heterocycles. The summed E-state index contributed by atoms with van der Waals surface area (Å²) in [6.07, 6.45) is 0.334. The molecule has 100 valence electrons. The fraction of sp³-hybridized carbons (Fsp3) is 0.545. The number of carbonyl (C=O) groups excluding carboxylic acids is 1. The Bertz CT molecular complexity index is 429. The Morgan fingerprint density at radius 2 is 2.28 bits per heavy atom. The van der Waals surface area contributed by atoms with Crippen LogP contribution < -0.4 is 4.74 Å². The average Bonchev–Trinajstić information content (AvgIpc) is 2.72. The molecule has 1 rings (SSSR count). The number of ether oxygens (including phenoxy) is 1. The van der Waals surface area contributed by atoms with Crippen molar-refractivity contribution in [3.63, 3.8) is 0 Å². The molecule has 1 aromatic rings. The van der Waals surface area contributed by atoms with Crippen molar-refractivity contribution in [2.45, 2.75) is 26.3 Å². The first-order chi connectivity index (χ1) is 8.45. The second-order valence-electron chi connectivity index (χ2n) is 3.83. The number of hydrogen-bond donors (Lipinski definition) is 1. The molecule has 0 aliphatic carbocycles. The summed E-state index contributed by atoms with van der Waals surface area (Å²) in [5, 5.41) is 12.5. The topological polar surface area (TPSA) is 92.9 Å². The lowest BCUT2D eigenvalue weighted by Gasteiger charge is -2.23. The van der Waals surface area contributed by atoms with Crippen LogP contribution in [0.3, 0.4) is 0 Å². The van der Waals surface area contributed by atoms with Crippen LogP contribution in [-0.2, 0) is 9.59 Å². The molecule has 1 unspecified atom stereocenters. The van der Waals surface area contributed by atoms with Crippen LogP contribution in [-0.4, -0.2) is 46.7 Å². The number of aryl methyl sites for hydroxylation is 1. The van der Waals surface area contributed by atoms with Crippen LogP contribution in [0.2, 0.25) is 0 Å². The molecule has 1 N–H and O–H groups in total. The van der Waals surface area contributed by atoms with Crippen molar-refractivity contribution in [3.05, 3.63) is 11.8 Å². The Kier molecular flexibility index (Phi) is 4.70. The second-order valence-corrected chi connectivity index (χ2v) is 3.83. The smallest absolute Gasteiger partial charge is 0.326 e. The van der Waals surface area contributed by atoms with Gasteiger partial charge in [0.25, 0.3) is 11.8 Å². The maximum atomic E-state index is 11.7. The molecule has 0 aliphatic rings. The van der Waals surface area contributed by atoms with E-state index in [1.807, 2.05) is 0 Å². The first-order valence-corrected chi connectivity index (χ1v) is 5.50. The van der Waals surface area contributed by atoms with E-state index in [1.165, 1.54) is 7.05 Å². The highest BCUT2D eigenvalue weighted by Gasteiger charge is 2.24. The molecule has 0 aliphatic heterocycles. The van der Waals surface area contributed by atoms with Gasteiger partial charge in [0, 0.05) is 13.1 Å². The molecular weight excluding hydrogens is 240 g/mol. The highest BCUT2D eigenvalue weighted by Crippen LogP contribution is 2.10. The van der Waals surface area contributed by atoms with Gasteiger partial charge in [0.05, 0.1) is 0 Å². The van der Waals surface area contributed by atoms with Crippen molar-refractivity contribution in [3.8, 4) is 5.88 Å². The van der Waals surface area contributed by atoms with E-state index in [0.717, 1.165) is 4.90 Å². The van der Waals surface area contributed by atoms with Crippen LogP contribution in [0.4, 0.5) is 0 Å². The van der Waals surface area contributed by atoms with Crippen molar-refractivity contribution >= 4 is 11.9 Å². The van der Waals surface area contributed by atoms with Gasteiger partial charge in [-0.15, -0.1) is 0 Å². The zero-order valence-electron chi connectivity index (χ0n) is 10.5. The zero-order valence-corrected chi connectivity index (χ0v) is 10.5. The van der Waals surface area contributed by atoms with E-state index in [1.54, 1.807) is 19.9 Å². The van der Waals surface area contributed by atoms with Gasteiger partial charge in [-0.1, -0.05) is 6.92 Å². The number of likely N-dealkylation sites (N-methyl/N-ethyl adjacent to an activating group) is 1. The van der Waals surface area contributed by atoms with E-state index in [4.69, 9.17) is 14.4 Å². The maximum Gasteiger partial charge on any atom is 0.326 e. The van der Waals surface area contributed by atoms with Crippen LogP contribution >= 0.6 is 0 Å². The summed E-state index contributed by atoms with van der Waals surface area (Å²) < 4.78 is 9.87. The first-order valence-electron chi connectivity index (χ1n) is 5.50. The first kappa shape index (κ1) is 14.0. The summed E-state index contributed by atoms with van der Waals surface area (Å²) >= 11 is 0. The molecule has 7 nitrogen and oxygen atoms in total. The van der Waals surface area contributed by atoms with Crippen molar-refractivity contribution in [1.82, 2.24) is 10.1 Å². The standard InChI is InChI=1S/C11H16N2O5/c1-4-8(11(15)16)13(3)10(14)6-17-9-5-7(2)18-12-9/h5,8H,4,6H2,1-3H3,(H,15,16). The Labute approximate surface area is 104 Å². The number of aliphatic carboxylic acids is 1. The number of carboxylic acids is 1. The lowest BCUT2D eigenvalue weighted by atomic mass is 10.2. The molecule has 0 bridgehead atoms. The molecule has 0 aromatic carbocycles.